The number of nitrogens with one attached hydrogen (secondary N) is 1. The number of carbonyl (C=O) groups is 1. The van der Waals surface area contributed by atoms with Gasteiger partial charge in [-0.2, -0.15) is 0 Å². The number of hydrogen-bond acceptors (Lipinski definition) is 4. The molecule has 3 rings (SSSR count). The Morgan fingerprint density at radius 1 is 1.29 bits per heavy atom. The molecule has 1 aromatic rings. The van der Waals surface area contributed by atoms with Crippen LogP contribution in [-0.4, -0.2) is 73.2 Å². The molecule has 1 N–H and O–H groups in total. The van der Waals surface area contributed by atoms with Gasteiger partial charge in [0.15, 0.2) is 0 Å². The number of rotatable bonds is 4. The van der Waals surface area contributed by atoms with Gasteiger partial charge in [0.25, 0.3) is 0 Å². The van der Waals surface area contributed by atoms with Gasteiger partial charge in [0.05, 0.1) is 11.9 Å². The first-order valence-corrected chi connectivity index (χ1v) is 9.16. The second-order valence-electron chi connectivity index (χ2n) is 6.77. The predicted octanol–water partition coefficient (Wildman–Crippen LogP) is 1.65. The lowest BCUT2D eigenvalue weighted by Crippen LogP contribution is -2.53. The van der Waals surface area contributed by atoms with Crippen molar-refractivity contribution in [3.8, 4) is 0 Å². The number of nitrogens with zero attached hydrogens (tertiary/aromatic N) is 4. The van der Waals surface area contributed by atoms with Crippen LogP contribution in [0.1, 0.15) is 19.8 Å². The van der Waals surface area contributed by atoms with E-state index >= 15 is 0 Å². The summed E-state index contributed by atoms with van der Waals surface area (Å²) >= 11 is 0. The van der Waals surface area contributed by atoms with Gasteiger partial charge in [-0.05, 0) is 44.0 Å². The molecule has 0 bridgehead atoms. The highest BCUT2D eigenvalue weighted by Gasteiger charge is 2.23. The summed E-state index contributed by atoms with van der Waals surface area (Å²) in [7, 11) is 0. The van der Waals surface area contributed by atoms with Crippen LogP contribution in [0.5, 0.6) is 0 Å². The normalized spacial score (nSPS) is 22.5. The third kappa shape index (κ3) is 4.38. The minimum Gasteiger partial charge on any atom is -0.367 e. The molecule has 132 valence electrons. The van der Waals surface area contributed by atoms with Gasteiger partial charge in [-0.15, -0.1) is 0 Å². The van der Waals surface area contributed by atoms with Gasteiger partial charge in [-0.3, -0.25) is 4.98 Å². The molecule has 2 saturated heterocycles. The van der Waals surface area contributed by atoms with Crippen LogP contribution in [0.4, 0.5) is 10.5 Å². The lowest BCUT2D eigenvalue weighted by molar-refractivity contribution is 0.169. The number of carbonyl (C=O) groups excluding carboxylic acids is 1. The molecular formula is C18H29N5O. The highest BCUT2D eigenvalue weighted by molar-refractivity contribution is 5.74. The maximum atomic E-state index is 12.4. The van der Waals surface area contributed by atoms with Gasteiger partial charge in [0, 0.05) is 45.5 Å². The predicted molar refractivity (Wildman–Crippen MR) is 96.3 cm³/mol. The van der Waals surface area contributed by atoms with Crippen molar-refractivity contribution in [1.29, 1.82) is 0 Å². The first-order chi connectivity index (χ1) is 11.8. The quantitative estimate of drug-likeness (QED) is 0.911. The Bertz CT molecular complexity index is 515. The highest BCUT2D eigenvalue weighted by atomic mass is 16.2. The molecule has 3 heterocycles. The van der Waals surface area contributed by atoms with Crippen LogP contribution in [0.25, 0.3) is 0 Å². The summed E-state index contributed by atoms with van der Waals surface area (Å²) in [5.41, 5.74) is 1.14. The Morgan fingerprint density at radius 3 is 2.83 bits per heavy atom. The molecule has 6 nitrogen and oxygen atoms in total. The SMILES string of the molecule is CCN1CCC[C@@H](CNC(=O)N2CCN(c3cccnc3)CC2)C1. The largest absolute Gasteiger partial charge is 0.367 e. The smallest absolute Gasteiger partial charge is 0.317 e. The van der Waals surface area contributed by atoms with E-state index in [1.54, 1.807) is 6.20 Å². The van der Waals surface area contributed by atoms with Gasteiger partial charge in [0.1, 0.15) is 0 Å². The Balaban J connectivity index is 1.41. The zero-order valence-corrected chi connectivity index (χ0v) is 14.7. The van der Waals surface area contributed by atoms with Crippen LogP contribution in [0.2, 0.25) is 0 Å². The maximum absolute atomic E-state index is 12.4. The van der Waals surface area contributed by atoms with Crippen molar-refractivity contribution in [2.24, 2.45) is 5.92 Å². The molecule has 0 unspecified atom stereocenters. The zero-order valence-electron chi connectivity index (χ0n) is 14.7. The Kier molecular flexibility index (Phi) is 5.91. The molecule has 1 aromatic heterocycles. The molecule has 2 amide bonds. The van der Waals surface area contributed by atoms with Gasteiger partial charge in [-0.25, -0.2) is 4.79 Å². The lowest BCUT2D eigenvalue weighted by Gasteiger charge is -2.36. The second-order valence-corrected chi connectivity index (χ2v) is 6.77. The lowest BCUT2D eigenvalue weighted by atomic mass is 9.98. The van der Waals surface area contributed by atoms with Crippen LogP contribution in [-0.2, 0) is 0 Å². The number of amides is 2. The molecule has 0 radical (unpaired) electrons. The molecule has 0 spiro atoms. The fourth-order valence-electron chi connectivity index (χ4n) is 3.66. The fraction of sp³-hybridized carbons (Fsp3) is 0.667. The average Bonchev–Trinajstić information content (AvgIpc) is 2.67. The van der Waals surface area contributed by atoms with Gasteiger partial charge in [0.2, 0.25) is 0 Å². The molecule has 24 heavy (non-hydrogen) atoms. The Morgan fingerprint density at radius 2 is 2.12 bits per heavy atom. The summed E-state index contributed by atoms with van der Waals surface area (Å²) < 4.78 is 0. The number of likely N-dealkylation sites (tertiary alicyclic amines) is 1. The summed E-state index contributed by atoms with van der Waals surface area (Å²) in [5.74, 6) is 0.597. The first kappa shape index (κ1) is 17.0. The van der Waals surface area contributed by atoms with E-state index in [1.165, 1.54) is 19.4 Å². The van der Waals surface area contributed by atoms with Crippen LogP contribution in [0.3, 0.4) is 0 Å². The van der Waals surface area contributed by atoms with E-state index in [4.69, 9.17) is 0 Å². The molecule has 6 heteroatoms. The third-order valence-corrected chi connectivity index (χ3v) is 5.17. The number of urea groups is 1. The molecule has 0 aliphatic carbocycles. The standard InChI is InChI=1S/C18H29N5O/c1-2-21-8-4-5-16(15-21)13-20-18(24)23-11-9-22(10-12-23)17-6-3-7-19-14-17/h3,6-7,14,16H,2,4-5,8-13,15H2,1H3,(H,20,24)/t16-/m0/s1. The van der Waals surface area contributed by atoms with Crippen LogP contribution in [0.15, 0.2) is 24.5 Å². The molecule has 2 aliphatic heterocycles. The summed E-state index contributed by atoms with van der Waals surface area (Å²) in [5, 5.41) is 3.15. The number of piperazine rings is 1. The molecule has 2 aliphatic rings. The Hall–Kier alpha value is -1.82. The Labute approximate surface area is 144 Å². The second kappa shape index (κ2) is 8.33. The van der Waals surface area contributed by atoms with E-state index in [-0.39, 0.29) is 6.03 Å². The topological polar surface area (TPSA) is 51.7 Å². The van der Waals surface area contributed by atoms with Gasteiger partial charge < -0.3 is 20.0 Å². The van der Waals surface area contributed by atoms with Crippen LogP contribution >= 0.6 is 0 Å². The number of aromatic nitrogens is 1. The zero-order chi connectivity index (χ0) is 16.8. The highest BCUT2D eigenvalue weighted by Crippen LogP contribution is 2.16. The summed E-state index contributed by atoms with van der Waals surface area (Å²) in [6.07, 6.45) is 6.15. The monoisotopic (exact) mass is 331 g/mol. The molecule has 0 saturated carbocycles. The van der Waals surface area contributed by atoms with E-state index in [9.17, 15) is 4.79 Å². The van der Waals surface area contributed by atoms with Crippen molar-refractivity contribution in [2.75, 3.05) is 57.3 Å². The van der Waals surface area contributed by atoms with E-state index in [2.05, 4.69) is 33.1 Å². The van der Waals surface area contributed by atoms with Crippen molar-refractivity contribution in [3.05, 3.63) is 24.5 Å². The third-order valence-electron chi connectivity index (χ3n) is 5.17. The average molecular weight is 331 g/mol. The molecule has 0 aromatic carbocycles. The van der Waals surface area contributed by atoms with Crippen molar-refractivity contribution < 1.29 is 4.79 Å². The summed E-state index contributed by atoms with van der Waals surface area (Å²) in [6.45, 7) is 9.72. The van der Waals surface area contributed by atoms with Crippen molar-refractivity contribution in [1.82, 2.24) is 20.1 Å². The van der Waals surface area contributed by atoms with Crippen molar-refractivity contribution in [2.45, 2.75) is 19.8 Å². The molecule has 1 atom stereocenters. The maximum Gasteiger partial charge on any atom is 0.317 e. The molecule has 2 fully saturated rings. The minimum atomic E-state index is 0.0921. The van der Waals surface area contributed by atoms with Crippen molar-refractivity contribution >= 4 is 11.7 Å². The number of hydrogen-bond donors (Lipinski definition) is 1. The summed E-state index contributed by atoms with van der Waals surface area (Å²) in [4.78, 5) is 23.3. The van der Waals surface area contributed by atoms with Gasteiger partial charge in [-0.1, -0.05) is 6.92 Å². The molecular weight excluding hydrogens is 302 g/mol. The van der Waals surface area contributed by atoms with E-state index < -0.39 is 0 Å². The fourth-order valence-corrected chi connectivity index (χ4v) is 3.66. The minimum absolute atomic E-state index is 0.0921. The van der Waals surface area contributed by atoms with Crippen molar-refractivity contribution in [3.63, 3.8) is 0 Å². The van der Waals surface area contributed by atoms with E-state index in [0.29, 0.717) is 5.92 Å². The number of anilines is 1. The summed E-state index contributed by atoms with van der Waals surface area (Å²) in [6, 6.07) is 4.12. The first-order valence-electron chi connectivity index (χ1n) is 9.16. The van der Waals surface area contributed by atoms with E-state index in [1.807, 2.05) is 17.2 Å². The number of piperidine rings is 1. The number of pyridine rings is 1. The van der Waals surface area contributed by atoms with E-state index in [0.717, 1.165) is 51.5 Å². The van der Waals surface area contributed by atoms with Crippen LogP contribution in [0, 0.1) is 5.92 Å². The van der Waals surface area contributed by atoms with Crippen LogP contribution < -0.4 is 10.2 Å². The van der Waals surface area contributed by atoms with Gasteiger partial charge >= 0.3 is 6.03 Å².